The SMILES string of the molecule is OC(CC1CCCO1)c1ccc(OC2CC2)cc1. The van der Waals surface area contributed by atoms with E-state index in [0.29, 0.717) is 12.5 Å². The van der Waals surface area contributed by atoms with Crippen molar-refractivity contribution in [3.63, 3.8) is 0 Å². The molecule has 1 aliphatic carbocycles. The van der Waals surface area contributed by atoms with Crippen LogP contribution >= 0.6 is 0 Å². The Hall–Kier alpha value is -1.06. The topological polar surface area (TPSA) is 38.7 Å². The standard InChI is InChI=1S/C15H20O3/c16-15(10-14-2-1-9-17-14)11-3-5-12(6-4-11)18-13-7-8-13/h3-6,13-16H,1-2,7-10H2. The summed E-state index contributed by atoms with van der Waals surface area (Å²) < 4.78 is 11.2. The van der Waals surface area contributed by atoms with Crippen molar-refractivity contribution >= 4 is 0 Å². The normalized spacial score (nSPS) is 25.1. The molecule has 3 rings (SSSR count). The molecular weight excluding hydrogens is 228 g/mol. The number of hydrogen-bond donors (Lipinski definition) is 1. The Kier molecular flexibility index (Phi) is 3.52. The molecule has 1 heterocycles. The Labute approximate surface area is 108 Å². The van der Waals surface area contributed by atoms with Crippen molar-refractivity contribution in [1.29, 1.82) is 0 Å². The van der Waals surface area contributed by atoms with Crippen molar-refractivity contribution in [3.05, 3.63) is 29.8 Å². The van der Waals surface area contributed by atoms with Crippen molar-refractivity contribution in [2.75, 3.05) is 6.61 Å². The fraction of sp³-hybridized carbons (Fsp3) is 0.600. The molecule has 1 saturated heterocycles. The molecule has 1 N–H and O–H groups in total. The van der Waals surface area contributed by atoms with E-state index in [2.05, 4.69) is 0 Å². The third kappa shape index (κ3) is 3.03. The third-order valence-corrected chi connectivity index (χ3v) is 3.60. The highest BCUT2D eigenvalue weighted by molar-refractivity contribution is 5.29. The van der Waals surface area contributed by atoms with Gasteiger partial charge in [-0.05, 0) is 43.4 Å². The van der Waals surface area contributed by atoms with Crippen LogP contribution in [0, 0.1) is 0 Å². The number of aliphatic hydroxyl groups excluding tert-OH is 1. The molecule has 2 aliphatic rings. The van der Waals surface area contributed by atoms with Crippen LogP contribution in [0.4, 0.5) is 0 Å². The number of hydrogen-bond acceptors (Lipinski definition) is 3. The Morgan fingerprint density at radius 1 is 1.22 bits per heavy atom. The van der Waals surface area contributed by atoms with E-state index in [1.807, 2.05) is 24.3 Å². The molecule has 1 saturated carbocycles. The summed E-state index contributed by atoms with van der Waals surface area (Å²) in [7, 11) is 0. The van der Waals surface area contributed by atoms with E-state index in [9.17, 15) is 5.11 Å². The lowest BCUT2D eigenvalue weighted by molar-refractivity contribution is 0.0535. The zero-order chi connectivity index (χ0) is 12.4. The summed E-state index contributed by atoms with van der Waals surface area (Å²) in [5, 5.41) is 10.1. The van der Waals surface area contributed by atoms with Crippen LogP contribution in [-0.4, -0.2) is 23.9 Å². The van der Waals surface area contributed by atoms with E-state index in [0.717, 1.165) is 30.8 Å². The fourth-order valence-corrected chi connectivity index (χ4v) is 2.36. The molecule has 98 valence electrons. The van der Waals surface area contributed by atoms with Gasteiger partial charge in [0, 0.05) is 13.0 Å². The summed E-state index contributed by atoms with van der Waals surface area (Å²) in [6.07, 6.45) is 5.44. The van der Waals surface area contributed by atoms with E-state index in [-0.39, 0.29) is 6.10 Å². The molecule has 1 aromatic rings. The second-order valence-electron chi connectivity index (χ2n) is 5.27. The zero-order valence-corrected chi connectivity index (χ0v) is 10.5. The van der Waals surface area contributed by atoms with Crippen LogP contribution in [0.5, 0.6) is 5.75 Å². The molecule has 2 unspecified atom stereocenters. The number of ether oxygens (including phenoxy) is 2. The van der Waals surface area contributed by atoms with Gasteiger partial charge in [0.05, 0.1) is 18.3 Å². The second-order valence-corrected chi connectivity index (χ2v) is 5.27. The Morgan fingerprint density at radius 2 is 2.00 bits per heavy atom. The minimum Gasteiger partial charge on any atom is -0.490 e. The molecule has 18 heavy (non-hydrogen) atoms. The average molecular weight is 248 g/mol. The average Bonchev–Trinajstić information content (AvgIpc) is 3.04. The second kappa shape index (κ2) is 5.29. The first-order valence-electron chi connectivity index (χ1n) is 6.87. The van der Waals surface area contributed by atoms with Gasteiger partial charge in [0.1, 0.15) is 5.75 Å². The molecule has 0 aromatic heterocycles. The van der Waals surface area contributed by atoms with Gasteiger partial charge in [-0.25, -0.2) is 0 Å². The lowest BCUT2D eigenvalue weighted by Crippen LogP contribution is -2.11. The minimum atomic E-state index is -0.428. The molecule has 1 aliphatic heterocycles. The van der Waals surface area contributed by atoms with Crippen LogP contribution in [0.3, 0.4) is 0 Å². The van der Waals surface area contributed by atoms with Crippen LogP contribution < -0.4 is 4.74 Å². The smallest absolute Gasteiger partial charge is 0.119 e. The molecule has 0 amide bonds. The highest BCUT2D eigenvalue weighted by Gasteiger charge is 2.24. The van der Waals surface area contributed by atoms with Crippen LogP contribution in [0.25, 0.3) is 0 Å². The molecule has 0 bridgehead atoms. The number of benzene rings is 1. The van der Waals surface area contributed by atoms with E-state index >= 15 is 0 Å². The van der Waals surface area contributed by atoms with Gasteiger partial charge < -0.3 is 14.6 Å². The predicted octanol–water partition coefficient (Wildman–Crippen LogP) is 2.83. The number of rotatable bonds is 5. The largest absolute Gasteiger partial charge is 0.490 e. The molecule has 0 radical (unpaired) electrons. The van der Waals surface area contributed by atoms with E-state index in [1.54, 1.807) is 0 Å². The van der Waals surface area contributed by atoms with Gasteiger partial charge in [-0.3, -0.25) is 0 Å². The Morgan fingerprint density at radius 3 is 2.61 bits per heavy atom. The Bertz CT molecular complexity index is 377. The molecule has 3 heteroatoms. The fourth-order valence-electron chi connectivity index (χ4n) is 2.36. The van der Waals surface area contributed by atoms with Gasteiger partial charge in [-0.1, -0.05) is 12.1 Å². The van der Waals surface area contributed by atoms with Crippen LogP contribution in [-0.2, 0) is 4.74 Å². The van der Waals surface area contributed by atoms with Crippen LogP contribution in [0.2, 0.25) is 0 Å². The van der Waals surface area contributed by atoms with Crippen LogP contribution in [0.15, 0.2) is 24.3 Å². The monoisotopic (exact) mass is 248 g/mol. The van der Waals surface area contributed by atoms with Crippen molar-refractivity contribution in [2.45, 2.75) is 50.4 Å². The van der Waals surface area contributed by atoms with Crippen molar-refractivity contribution < 1.29 is 14.6 Å². The summed E-state index contributed by atoms with van der Waals surface area (Å²) in [5.41, 5.74) is 0.952. The highest BCUT2D eigenvalue weighted by atomic mass is 16.5. The lowest BCUT2D eigenvalue weighted by atomic mass is 10.0. The Balaban J connectivity index is 1.56. The molecule has 1 aromatic carbocycles. The summed E-state index contributed by atoms with van der Waals surface area (Å²) in [4.78, 5) is 0. The van der Waals surface area contributed by atoms with Gasteiger partial charge in [0.15, 0.2) is 0 Å². The first kappa shape index (κ1) is 12.0. The maximum absolute atomic E-state index is 10.1. The van der Waals surface area contributed by atoms with Gasteiger partial charge >= 0.3 is 0 Å². The minimum absolute atomic E-state index is 0.224. The first-order valence-corrected chi connectivity index (χ1v) is 6.87. The van der Waals surface area contributed by atoms with Crippen LogP contribution in [0.1, 0.15) is 43.8 Å². The zero-order valence-electron chi connectivity index (χ0n) is 10.5. The molecule has 3 nitrogen and oxygen atoms in total. The maximum atomic E-state index is 10.1. The van der Waals surface area contributed by atoms with Gasteiger partial charge in [0.2, 0.25) is 0 Å². The first-order chi connectivity index (χ1) is 8.81. The summed E-state index contributed by atoms with van der Waals surface area (Å²) in [6.45, 7) is 0.839. The van der Waals surface area contributed by atoms with Crippen molar-refractivity contribution in [2.24, 2.45) is 0 Å². The highest BCUT2D eigenvalue weighted by Crippen LogP contribution is 2.29. The summed E-state index contributed by atoms with van der Waals surface area (Å²) in [5.74, 6) is 0.908. The van der Waals surface area contributed by atoms with Gasteiger partial charge in [-0.15, -0.1) is 0 Å². The van der Waals surface area contributed by atoms with Gasteiger partial charge in [0.25, 0.3) is 0 Å². The molecule has 2 atom stereocenters. The van der Waals surface area contributed by atoms with Gasteiger partial charge in [-0.2, -0.15) is 0 Å². The van der Waals surface area contributed by atoms with E-state index in [4.69, 9.17) is 9.47 Å². The predicted molar refractivity (Wildman–Crippen MR) is 68.6 cm³/mol. The molecule has 0 spiro atoms. The molecular formula is C15H20O3. The quantitative estimate of drug-likeness (QED) is 0.870. The lowest BCUT2D eigenvalue weighted by Gasteiger charge is -2.16. The molecule has 2 fully saturated rings. The number of aliphatic hydroxyl groups is 1. The van der Waals surface area contributed by atoms with Crippen molar-refractivity contribution in [3.8, 4) is 5.75 Å². The van der Waals surface area contributed by atoms with E-state index < -0.39 is 6.10 Å². The maximum Gasteiger partial charge on any atom is 0.119 e. The summed E-state index contributed by atoms with van der Waals surface area (Å²) >= 11 is 0. The van der Waals surface area contributed by atoms with Crippen molar-refractivity contribution in [1.82, 2.24) is 0 Å². The summed E-state index contributed by atoms with van der Waals surface area (Å²) in [6, 6.07) is 7.81. The van der Waals surface area contributed by atoms with E-state index in [1.165, 1.54) is 12.8 Å². The third-order valence-electron chi connectivity index (χ3n) is 3.60.